The second-order valence-electron chi connectivity index (χ2n) is 5.17. The molecule has 3 rings (SSSR count). The van der Waals surface area contributed by atoms with E-state index in [-0.39, 0.29) is 11.6 Å². The van der Waals surface area contributed by atoms with Crippen LogP contribution in [0, 0.1) is 6.92 Å². The summed E-state index contributed by atoms with van der Waals surface area (Å²) in [5, 5.41) is 2.75. The van der Waals surface area contributed by atoms with E-state index in [2.05, 4.69) is 20.0 Å². The number of benzene rings is 2. The van der Waals surface area contributed by atoms with Crippen LogP contribution in [0.2, 0.25) is 0 Å². The van der Waals surface area contributed by atoms with Gasteiger partial charge in [0.15, 0.2) is 0 Å². The van der Waals surface area contributed by atoms with Gasteiger partial charge in [0.05, 0.1) is 29.4 Å². The number of methoxy groups -OCH3 is 1. The predicted octanol–water partition coefficient (Wildman–Crippen LogP) is 2.98. The van der Waals surface area contributed by atoms with E-state index in [9.17, 15) is 9.59 Å². The zero-order valence-electron chi connectivity index (χ0n) is 13.2. The number of amides is 1. The van der Waals surface area contributed by atoms with Gasteiger partial charge < -0.3 is 10.1 Å². The second kappa shape index (κ2) is 6.45. The summed E-state index contributed by atoms with van der Waals surface area (Å²) < 4.78 is 4.64. The van der Waals surface area contributed by atoms with E-state index in [1.54, 1.807) is 31.2 Å². The summed E-state index contributed by atoms with van der Waals surface area (Å²) >= 11 is 0. The molecule has 2 aromatic carbocycles. The molecule has 0 radical (unpaired) electrons. The Labute approximate surface area is 138 Å². The Kier molecular flexibility index (Phi) is 4.20. The first-order valence-electron chi connectivity index (χ1n) is 7.31. The van der Waals surface area contributed by atoms with Crippen molar-refractivity contribution >= 4 is 28.6 Å². The van der Waals surface area contributed by atoms with E-state index in [0.29, 0.717) is 22.5 Å². The highest BCUT2D eigenvalue weighted by Gasteiger charge is 2.14. The number of anilines is 1. The number of carbonyl (C=O) groups is 2. The van der Waals surface area contributed by atoms with Crippen molar-refractivity contribution in [1.29, 1.82) is 0 Å². The molecule has 0 saturated carbocycles. The molecule has 0 fully saturated rings. The lowest BCUT2D eigenvalue weighted by Gasteiger charge is -2.08. The smallest absolute Gasteiger partial charge is 0.337 e. The van der Waals surface area contributed by atoms with Crippen LogP contribution in [-0.2, 0) is 4.74 Å². The number of ether oxygens (including phenoxy) is 1. The highest BCUT2D eigenvalue weighted by Crippen LogP contribution is 2.15. The molecule has 0 spiro atoms. The van der Waals surface area contributed by atoms with Gasteiger partial charge in [-0.15, -0.1) is 0 Å². The van der Waals surface area contributed by atoms with Crippen LogP contribution >= 0.6 is 0 Å². The lowest BCUT2D eigenvalue weighted by Crippen LogP contribution is -2.16. The Hall–Kier alpha value is -3.28. The van der Waals surface area contributed by atoms with Crippen LogP contribution in [0.1, 0.15) is 26.5 Å². The lowest BCUT2D eigenvalue weighted by molar-refractivity contribution is 0.0600. The second-order valence-corrected chi connectivity index (χ2v) is 5.17. The van der Waals surface area contributed by atoms with Gasteiger partial charge in [0, 0.05) is 5.69 Å². The number of para-hydroxylation sites is 2. The van der Waals surface area contributed by atoms with Crippen LogP contribution in [0.4, 0.5) is 5.69 Å². The molecule has 0 aliphatic rings. The van der Waals surface area contributed by atoms with Crippen LogP contribution in [0.25, 0.3) is 11.0 Å². The number of hydrogen-bond donors (Lipinski definition) is 1. The van der Waals surface area contributed by atoms with Crippen molar-refractivity contribution in [2.24, 2.45) is 0 Å². The molecule has 0 saturated heterocycles. The normalized spacial score (nSPS) is 10.4. The molecule has 1 N–H and O–H groups in total. The van der Waals surface area contributed by atoms with Gasteiger partial charge in [-0.3, -0.25) is 4.79 Å². The standard InChI is InChI=1S/C18H15N3O3/c1-11-16(21-15-6-4-3-5-14(15)19-11)17(22)20-13-9-7-12(8-10-13)18(23)24-2/h3-10H,1-2H3,(H,20,22). The summed E-state index contributed by atoms with van der Waals surface area (Å²) in [7, 11) is 1.32. The number of aryl methyl sites for hydroxylation is 1. The molecule has 0 unspecified atom stereocenters. The molecule has 24 heavy (non-hydrogen) atoms. The molecule has 1 heterocycles. The number of fused-ring (bicyclic) bond motifs is 1. The van der Waals surface area contributed by atoms with Crippen LogP contribution in [0.3, 0.4) is 0 Å². The van der Waals surface area contributed by atoms with E-state index in [1.807, 2.05) is 24.3 Å². The van der Waals surface area contributed by atoms with Gasteiger partial charge in [0.25, 0.3) is 5.91 Å². The average molecular weight is 321 g/mol. The Morgan fingerprint density at radius 3 is 2.21 bits per heavy atom. The summed E-state index contributed by atoms with van der Waals surface area (Å²) in [4.78, 5) is 32.6. The maximum Gasteiger partial charge on any atom is 0.337 e. The molecule has 1 amide bonds. The highest BCUT2D eigenvalue weighted by atomic mass is 16.5. The first-order chi connectivity index (χ1) is 11.6. The van der Waals surface area contributed by atoms with Gasteiger partial charge in [-0.1, -0.05) is 12.1 Å². The third-order valence-corrected chi connectivity index (χ3v) is 3.52. The van der Waals surface area contributed by atoms with Crippen LogP contribution < -0.4 is 5.32 Å². The van der Waals surface area contributed by atoms with E-state index >= 15 is 0 Å². The first kappa shape index (κ1) is 15.6. The molecule has 0 aliphatic carbocycles. The van der Waals surface area contributed by atoms with Crippen molar-refractivity contribution in [2.75, 3.05) is 12.4 Å². The van der Waals surface area contributed by atoms with Crippen molar-refractivity contribution in [2.45, 2.75) is 6.92 Å². The summed E-state index contributed by atoms with van der Waals surface area (Å²) in [5.41, 5.74) is 3.20. The number of carbonyl (C=O) groups excluding carboxylic acids is 2. The predicted molar refractivity (Wildman–Crippen MR) is 90.0 cm³/mol. The monoisotopic (exact) mass is 321 g/mol. The summed E-state index contributed by atoms with van der Waals surface area (Å²) in [6, 6.07) is 13.8. The van der Waals surface area contributed by atoms with Crippen LogP contribution in [-0.4, -0.2) is 29.0 Å². The number of aromatic nitrogens is 2. The number of nitrogens with zero attached hydrogens (tertiary/aromatic N) is 2. The maximum atomic E-state index is 12.4. The zero-order chi connectivity index (χ0) is 17.1. The fourth-order valence-electron chi connectivity index (χ4n) is 2.30. The molecule has 0 bridgehead atoms. The first-order valence-corrected chi connectivity index (χ1v) is 7.31. The Morgan fingerprint density at radius 1 is 0.958 bits per heavy atom. The molecular formula is C18H15N3O3. The molecule has 6 heteroatoms. The Bertz CT molecular complexity index is 920. The number of esters is 1. The minimum absolute atomic E-state index is 0.269. The van der Waals surface area contributed by atoms with Gasteiger partial charge in [0.1, 0.15) is 5.69 Å². The minimum Gasteiger partial charge on any atom is -0.465 e. The average Bonchev–Trinajstić information content (AvgIpc) is 2.61. The largest absolute Gasteiger partial charge is 0.465 e. The van der Waals surface area contributed by atoms with Crippen molar-refractivity contribution in [3.63, 3.8) is 0 Å². The van der Waals surface area contributed by atoms with E-state index in [4.69, 9.17) is 0 Å². The minimum atomic E-state index is -0.427. The highest BCUT2D eigenvalue weighted by molar-refractivity contribution is 6.04. The molecule has 1 aromatic heterocycles. The van der Waals surface area contributed by atoms with Crippen molar-refractivity contribution in [3.05, 3.63) is 65.5 Å². The maximum absolute atomic E-state index is 12.4. The van der Waals surface area contributed by atoms with E-state index < -0.39 is 5.97 Å². The van der Waals surface area contributed by atoms with Crippen molar-refractivity contribution < 1.29 is 14.3 Å². The van der Waals surface area contributed by atoms with Crippen LogP contribution in [0.5, 0.6) is 0 Å². The molecule has 120 valence electrons. The van der Waals surface area contributed by atoms with Gasteiger partial charge in [-0.05, 0) is 43.3 Å². The number of nitrogens with one attached hydrogen (secondary N) is 1. The summed E-state index contributed by atoms with van der Waals surface area (Å²) in [5.74, 6) is -0.777. The van der Waals surface area contributed by atoms with E-state index in [0.717, 1.165) is 5.52 Å². The van der Waals surface area contributed by atoms with Gasteiger partial charge in [-0.25, -0.2) is 14.8 Å². The summed E-state index contributed by atoms with van der Waals surface area (Å²) in [6.07, 6.45) is 0. The topological polar surface area (TPSA) is 81.2 Å². The Balaban J connectivity index is 1.84. The van der Waals surface area contributed by atoms with Crippen molar-refractivity contribution in [1.82, 2.24) is 9.97 Å². The quantitative estimate of drug-likeness (QED) is 0.750. The molecule has 0 aliphatic heterocycles. The Morgan fingerprint density at radius 2 is 1.58 bits per heavy atom. The molecular weight excluding hydrogens is 306 g/mol. The molecule has 3 aromatic rings. The number of rotatable bonds is 3. The van der Waals surface area contributed by atoms with Gasteiger partial charge >= 0.3 is 5.97 Å². The van der Waals surface area contributed by atoms with Gasteiger partial charge in [-0.2, -0.15) is 0 Å². The zero-order valence-corrected chi connectivity index (χ0v) is 13.2. The van der Waals surface area contributed by atoms with Crippen LogP contribution in [0.15, 0.2) is 48.5 Å². The third-order valence-electron chi connectivity index (χ3n) is 3.52. The third kappa shape index (κ3) is 3.08. The van der Waals surface area contributed by atoms with E-state index in [1.165, 1.54) is 7.11 Å². The molecule has 0 atom stereocenters. The fraction of sp³-hybridized carbons (Fsp3) is 0.111. The fourth-order valence-corrected chi connectivity index (χ4v) is 2.30. The summed E-state index contributed by atoms with van der Waals surface area (Å²) in [6.45, 7) is 1.74. The molecule has 6 nitrogen and oxygen atoms in total. The SMILES string of the molecule is COC(=O)c1ccc(NC(=O)c2nc3ccccc3nc2C)cc1. The lowest BCUT2D eigenvalue weighted by atomic mass is 10.2. The van der Waals surface area contributed by atoms with Crippen molar-refractivity contribution in [3.8, 4) is 0 Å². The number of hydrogen-bond acceptors (Lipinski definition) is 5. The van der Waals surface area contributed by atoms with Gasteiger partial charge in [0.2, 0.25) is 0 Å².